The van der Waals surface area contributed by atoms with Gasteiger partial charge in [0.25, 0.3) is 5.89 Å². The molecule has 1 aliphatic rings. The summed E-state index contributed by atoms with van der Waals surface area (Å²) in [7, 11) is 0. The fourth-order valence-electron chi connectivity index (χ4n) is 4.28. The van der Waals surface area contributed by atoms with Crippen molar-refractivity contribution < 1.29 is 13.7 Å². The van der Waals surface area contributed by atoms with Crippen LogP contribution in [0.1, 0.15) is 41.1 Å². The molecular formula is C28H25FN4O2. The fraction of sp³-hybridized carbons (Fsp3) is 0.179. The van der Waals surface area contributed by atoms with Crippen molar-refractivity contribution >= 4 is 17.3 Å². The highest BCUT2D eigenvalue weighted by atomic mass is 19.1. The van der Waals surface area contributed by atoms with Crippen LogP contribution in [0.3, 0.4) is 0 Å². The van der Waals surface area contributed by atoms with E-state index in [1.807, 2.05) is 70.2 Å². The van der Waals surface area contributed by atoms with Crippen molar-refractivity contribution in [1.29, 1.82) is 0 Å². The van der Waals surface area contributed by atoms with E-state index < -0.39 is 6.04 Å². The van der Waals surface area contributed by atoms with Gasteiger partial charge < -0.3 is 9.84 Å². The largest absolute Gasteiger partial charge is 0.334 e. The first kappa shape index (κ1) is 22.5. The zero-order valence-electron chi connectivity index (χ0n) is 20.0. The van der Waals surface area contributed by atoms with Crippen LogP contribution in [-0.4, -0.2) is 16.2 Å². The van der Waals surface area contributed by atoms with E-state index in [2.05, 4.69) is 15.5 Å². The van der Waals surface area contributed by atoms with Crippen molar-refractivity contribution in [3.05, 3.63) is 106 Å². The van der Waals surface area contributed by atoms with Crippen LogP contribution in [0.4, 0.5) is 14.9 Å². The van der Waals surface area contributed by atoms with Crippen LogP contribution in [0.15, 0.2) is 77.0 Å². The topological polar surface area (TPSA) is 71.3 Å². The Labute approximate surface area is 203 Å². The lowest BCUT2D eigenvalue weighted by atomic mass is 9.93. The SMILES string of the molecule is CC1=C(c2nc(-c3cccc(F)c3)no2)C(c2ccc(C)cc2)NC(=O)N1c1ccc(C)c(C)c1. The number of nitrogens with zero attached hydrogens (tertiary/aromatic N) is 3. The highest BCUT2D eigenvalue weighted by molar-refractivity contribution is 6.01. The summed E-state index contributed by atoms with van der Waals surface area (Å²) >= 11 is 0. The van der Waals surface area contributed by atoms with E-state index in [9.17, 15) is 9.18 Å². The van der Waals surface area contributed by atoms with Crippen molar-refractivity contribution in [2.75, 3.05) is 4.90 Å². The summed E-state index contributed by atoms with van der Waals surface area (Å²) in [5.41, 5.74) is 6.84. The standard InChI is InChI=1S/C28H25FN4O2/c1-16-8-11-20(12-9-16)25-24(27-31-26(32-35-27)21-6-5-7-22(29)15-21)19(4)33(28(34)30-25)23-13-10-17(2)18(3)14-23/h5-15,25H,1-4H3,(H,30,34). The Hall–Kier alpha value is -4.26. The predicted molar refractivity (Wildman–Crippen MR) is 133 cm³/mol. The molecule has 0 radical (unpaired) electrons. The molecule has 2 amide bonds. The quantitative estimate of drug-likeness (QED) is 0.371. The number of aryl methyl sites for hydroxylation is 3. The van der Waals surface area contributed by atoms with Crippen LogP contribution in [0.25, 0.3) is 17.0 Å². The highest BCUT2D eigenvalue weighted by Crippen LogP contribution is 2.39. The average molecular weight is 469 g/mol. The van der Waals surface area contributed by atoms with Crippen LogP contribution < -0.4 is 10.2 Å². The van der Waals surface area contributed by atoms with Gasteiger partial charge in [-0.15, -0.1) is 0 Å². The lowest BCUT2D eigenvalue weighted by molar-refractivity contribution is 0.244. The molecule has 0 saturated carbocycles. The number of halogens is 1. The molecule has 7 heteroatoms. The van der Waals surface area contributed by atoms with E-state index in [0.717, 1.165) is 27.9 Å². The second kappa shape index (κ2) is 8.83. The molecule has 1 unspecified atom stereocenters. The third-order valence-electron chi connectivity index (χ3n) is 6.38. The van der Waals surface area contributed by atoms with Crippen LogP contribution in [0.5, 0.6) is 0 Å². The van der Waals surface area contributed by atoms with E-state index in [4.69, 9.17) is 4.52 Å². The maximum atomic E-state index is 13.8. The minimum atomic E-state index is -0.494. The van der Waals surface area contributed by atoms with Gasteiger partial charge in [0.05, 0.1) is 17.3 Å². The van der Waals surface area contributed by atoms with Gasteiger partial charge in [0.2, 0.25) is 5.82 Å². The molecule has 0 fully saturated rings. The summed E-state index contributed by atoms with van der Waals surface area (Å²) in [5.74, 6) is 0.158. The lowest BCUT2D eigenvalue weighted by Crippen LogP contribution is -2.46. The summed E-state index contributed by atoms with van der Waals surface area (Å²) in [6.07, 6.45) is 0. The van der Waals surface area contributed by atoms with Crippen LogP contribution in [0.2, 0.25) is 0 Å². The van der Waals surface area contributed by atoms with Gasteiger partial charge in [-0.3, -0.25) is 4.90 Å². The van der Waals surface area contributed by atoms with Gasteiger partial charge in [-0.05, 0) is 68.7 Å². The van der Waals surface area contributed by atoms with Gasteiger partial charge >= 0.3 is 6.03 Å². The number of hydrogen-bond donors (Lipinski definition) is 1. The molecule has 0 saturated heterocycles. The molecule has 6 nitrogen and oxygen atoms in total. The Bertz CT molecular complexity index is 1460. The molecule has 0 bridgehead atoms. The first-order valence-corrected chi connectivity index (χ1v) is 11.4. The van der Waals surface area contributed by atoms with Gasteiger partial charge in [0.1, 0.15) is 5.82 Å². The number of allylic oxidation sites excluding steroid dienone is 1. The number of urea groups is 1. The number of benzene rings is 3. The Balaban J connectivity index is 1.66. The number of carbonyl (C=O) groups excluding carboxylic acids is 1. The van der Waals surface area contributed by atoms with Gasteiger partial charge in [-0.25, -0.2) is 9.18 Å². The summed E-state index contributed by atoms with van der Waals surface area (Å²) in [6, 6.07) is 19.1. The van der Waals surface area contributed by atoms with E-state index in [1.165, 1.54) is 12.1 Å². The molecule has 176 valence electrons. The van der Waals surface area contributed by atoms with Crippen LogP contribution in [0, 0.1) is 26.6 Å². The van der Waals surface area contributed by atoms with E-state index in [0.29, 0.717) is 16.8 Å². The predicted octanol–water partition coefficient (Wildman–Crippen LogP) is 6.50. The smallest absolute Gasteiger partial charge is 0.326 e. The molecule has 3 aromatic carbocycles. The zero-order chi connectivity index (χ0) is 24.7. The number of amides is 2. The summed E-state index contributed by atoms with van der Waals surface area (Å²) in [4.78, 5) is 19.6. The molecule has 0 spiro atoms. The summed E-state index contributed by atoms with van der Waals surface area (Å²) in [5, 5.41) is 7.22. The maximum absolute atomic E-state index is 13.8. The monoisotopic (exact) mass is 468 g/mol. The third-order valence-corrected chi connectivity index (χ3v) is 6.38. The minimum absolute atomic E-state index is 0.245. The Morgan fingerprint density at radius 1 is 0.943 bits per heavy atom. The van der Waals surface area contributed by atoms with Crippen LogP contribution in [-0.2, 0) is 0 Å². The Morgan fingerprint density at radius 2 is 1.71 bits per heavy atom. The summed E-state index contributed by atoms with van der Waals surface area (Å²) < 4.78 is 19.5. The molecule has 1 N–H and O–H groups in total. The van der Waals surface area contributed by atoms with Gasteiger partial charge in [0.15, 0.2) is 0 Å². The van der Waals surface area contributed by atoms with Crippen LogP contribution >= 0.6 is 0 Å². The number of nitrogens with one attached hydrogen (secondary N) is 1. The highest BCUT2D eigenvalue weighted by Gasteiger charge is 2.36. The second-order valence-electron chi connectivity index (χ2n) is 8.83. The van der Waals surface area contributed by atoms with Gasteiger partial charge in [-0.1, -0.05) is 53.2 Å². The number of aromatic nitrogens is 2. The first-order valence-electron chi connectivity index (χ1n) is 11.4. The van der Waals surface area contributed by atoms with Gasteiger partial charge in [0, 0.05) is 11.3 Å². The number of rotatable bonds is 4. The van der Waals surface area contributed by atoms with E-state index in [1.54, 1.807) is 17.0 Å². The van der Waals surface area contributed by atoms with E-state index >= 15 is 0 Å². The summed E-state index contributed by atoms with van der Waals surface area (Å²) in [6.45, 7) is 7.93. The number of carbonyl (C=O) groups is 1. The zero-order valence-corrected chi connectivity index (χ0v) is 20.0. The lowest BCUT2D eigenvalue weighted by Gasteiger charge is -2.35. The Kier molecular flexibility index (Phi) is 5.68. The number of anilines is 1. The fourth-order valence-corrected chi connectivity index (χ4v) is 4.28. The first-order chi connectivity index (χ1) is 16.8. The third kappa shape index (κ3) is 4.21. The molecule has 0 aliphatic carbocycles. The molecule has 4 aromatic rings. The molecule has 1 atom stereocenters. The van der Waals surface area contributed by atoms with Crippen molar-refractivity contribution in [2.24, 2.45) is 0 Å². The Morgan fingerprint density at radius 3 is 2.43 bits per heavy atom. The normalized spacial score (nSPS) is 16.0. The van der Waals surface area contributed by atoms with Crippen molar-refractivity contribution in [3.8, 4) is 11.4 Å². The molecule has 1 aliphatic heterocycles. The molecule has 1 aromatic heterocycles. The minimum Gasteiger partial charge on any atom is -0.334 e. The molecular weight excluding hydrogens is 443 g/mol. The van der Waals surface area contributed by atoms with Crippen molar-refractivity contribution in [1.82, 2.24) is 15.5 Å². The second-order valence-corrected chi connectivity index (χ2v) is 8.83. The van der Waals surface area contributed by atoms with Gasteiger partial charge in [-0.2, -0.15) is 4.98 Å². The molecule has 5 rings (SSSR count). The van der Waals surface area contributed by atoms with Crippen molar-refractivity contribution in [2.45, 2.75) is 33.7 Å². The van der Waals surface area contributed by atoms with E-state index in [-0.39, 0.29) is 23.6 Å². The molecule has 2 heterocycles. The maximum Gasteiger partial charge on any atom is 0.326 e. The molecule has 35 heavy (non-hydrogen) atoms. The van der Waals surface area contributed by atoms with Crippen molar-refractivity contribution in [3.63, 3.8) is 0 Å². The average Bonchev–Trinajstić information content (AvgIpc) is 3.31. The number of hydrogen-bond acceptors (Lipinski definition) is 4.